The van der Waals surface area contributed by atoms with Crippen molar-refractivity contribution in [3.8, 4) is 11.3 Å². The summed E-state index contributed by atoms with van der Waals surface area (Å²) in [6, 6.07) is 15.2. The van der Waals surface area contributed by atoms with E-state index in [9.17, 15) is 0 Å². The highest BCUT2D eigenvalue weighted by molar-refractivity contribution is 6.07. The average Bonchev–Trinajstić information content (AvgIpc) is 3.17. The second-order valence-corrected chi connectivity index (χ2v) is 8.04. The van der Waals surface area contributed by atoms with Gasteiger partial charge in [0, 0.05) is 40.6 Å². The number of fused-ring (bicyclic) bond motifs is 3. The van der Waals surface area contributed by atoms with E-state index >= 15 is 0 Å². The quantitative estimate of drug-likeness (QED) is 0.444. The first-order chi connectivity index (χ1) is 14.8. The van der Waals surface area contributed by atoms with Crippen LogP contribution in [0.3, 0.4) is 0 Å². The lowest BCUT2D eigenvalue weighted by atomic mass is 10.1. The Balaban J connectivity index is 1.43. The largest absolute Gasteiger partial charge is 0.378 e. The number of benzene rings is 1. The predicted octanol–water partition coefficient (Wildman–Crippen LogP) is 5.35. The van der Waals surface area contributed by atoms with E-state index in [4.69, 9.17) is 14.7 Å². The fraction of sp³-hybridized carbons (Fsp3) is 0.360. The lowest BCUT2D eigenvalue weighted by Gasteiger charge is -2.28. The van der Waals surface area contributed by atoms with E-state index < -0.39 is 0 Å². The van der Waals surface area contributed by atoms with Crippen LogP contribution >= 0.6 is 0 Å². The molecule has 0 aliphatic carbocycles. The van der Waals surface area contributed by atoms with Gasteiger partial charge in [0.2, 0.25) is 0 Å². The van der Waals surface area contributed by atoms with E-state index in [-0.39, 0.29) is 0 Å². The van der Waals surface area contributed by atoms with Gasteiger partial charge in [-0.05, 0) is 49.2 Å². The number of rotatable bonds is 6. The van der Waals surface area contributed by atoms with E-state index in [1.807, 2.05) is 6.20 Å². The molecule has 0 bridgehead atoms. The van der Waals surface area contributed by atoms with E-state index in [1.54, 1.807) is 0 Å². The molecule has 154 valence electrons. The number of pyridine rings is 2. The maximum absolute atomic E-state index is 5.44. The predicted molar refractivity (Wildman–Crippen MR) is 123 cm³/mol. The molecule has 5 rings (SSSR count). The summed E-state index contributed by atoms with van der Waals surface area (Å²) in [6.45, 7) is 5.66. The van der Waals surface area contributed by atoms with E-state index in [0.717, 1.165) is 60.8 Å². The van der Waals surface area contributed by atoms with Crippen LogP contribution in [0.5, 0.6) is 0 Å². The molecule has 5 heteroatoms. The zero-order chi connectivity index (χ0) is 20.3. The number of aromatic amines is 1. The van der Waals surface area contributed by atoms with E-state index in [2.05, 4.69) is 59.3 Å². The Morgan fingerprint density at radius 3 is 2.70 bits per heavy atom. The Morgan fingerprint density at radius 1 is 1.00 bits per heavy atom. The number of ether oxygens (including phenoxy) is 1. The first-order valence-corrected chi connectivity index (χ1v) is 11.0. The lowest BCUT2D eigenvalue weighted by molar-refractivity contribution is 0.122. The van der Waals surface area contributed by atoms with Gasteiger partial charge in [-0.25, -0.2) is 4.98 Å². The normalized spacial score (nSPS) is 14.6. The molecule has 0 spiro atoms. The number of nitrogens with one attached hydrogen (secondary N) is 1. The summed E-state index contributed by atoms with van der Waals surface area (Å²) in [5, 5.41) is 2.38. The molecule has 1 N–H and O–H groups in total. The van der Waals surface area contributed by atoms with Gasteiger partial charge in [-0.1, -0.05) is 25.8 Å². The highest BCUT2D eigenvalue weighted by Crippen LogP contribution is 2.29. The molecule has 0 saturated carbocycles. The monoisotopic (exact) mass is 400 g/mol. The summed E-state index contributed by atoms with van der Waals surface area (Å²) in [6.07, 6.45) is 6.71. The van der Waals surface area contributed by atoms with Gasteiger partial charge in [0.1, 0.15) is 5.65 Å². The standard InChI is InChI=1S/C25H28N4O/c1-2-3-4-5-19-7-9-21-22-16-18(6-10-24(22)28-25(21)27-19)23-11-8-20(17-26-23)29-12-14-30-15-13-29/h6-11,16-17H,2-5,12-15H2,1H3,(H,27,28). The third-order valence-corrected chi connectivity index (χ3v) is 5.97. The van der Waals surface area contributed by atoms with Crippen molar-refractivity contribution in [2.45, 2.75) is 32.6 Å². The molecule has 0 unspecified atom stereocenters. The zero-order valence-corrected chi connectivity index (χ0v) is 17.5. The number of nitrogens with zero attached hydrogens (tertiary/aromatic N) is 3. The molecule has 0 radical (unpaired) electrons. The molecule has 30 heavy (non-hydrogen) atoms. The average molecular weight is 401 g/mol. The SMILES string of the molecule is CCCCCc1ccc2c(n1)[nH]c1ccc(-c3ccc(N4CCOCC4)cn3)cc12. The minimum atomic E-state index is 0.785. The molecule has 4 aromatic rings. The second kappa shape index (κ2) is 8.44. The number of H-pyrrole nitrogens is 1. The highest BCUT2D eigenvalue weighted by Gasteiger charge is 2.12. The molecule has 1 aliphatic heterocycles. The van der Waals surface area contributed by atoms with Crippen LogP contribution in [0.2, 0.25) is 0 Å². The van der Waals surface area contributed by atoms with Crippen LogP contribution in [0.1, 0.15) is 31.9 Å². The zero-order valence-electron chi connectivity index (χ0n) is 17.5. The van der Waals surface area contributed by atoms with Crippen molar-refractivity contribution in [3.05, 3.63) is 54.4 Å². The van der Waals surface area contributed by atoms with Crippen molar-refractivity contribution in [2.75, 3.05) is 31.2 Å². The number of aromatic nitrogens is 3. The van der Waals surface area contributed by atoms with Crippen molar-refractivity contribution >= 4 is 27.6 Å². The van der Waals surface area contributed by atoms with Crippen molar-refractivity contribution in [1.29, 1.82) is 0 Å². The third kappa shape index (κ3) is 3.77. The summed E-state index contributed by atoms with van der Waals surface area (Å²) in [4.78, 5) is 15.4. The Kier molecular flexibility index (Phi) is 5.37. The maximum atomic E-state index is 5.44. The Labute approximate surface area is 177 Å². The Hall–Kier alpha value is -2.92. The number of hydrogen-bond donors (Lipinski definition) is 1. The van der Waals surface area contributed by atoms with Crippen molar-refractivity contribution in [2.24, 2.45) is 0 Å². The van der Waals surface area contributed by atoms with Gasteiger partial charge in [-0.2, -0.15) is 0 Å². The minimum absolute atomic E-state index is 0.785. The minimum Gasteiger partial charge on any atom is -0.378 e. The first-order valence-electron chi connectivity index (χ1n) is 11.0. The molecule has 4 heterocycles. The van der Waals surface area contributed by atoms with E-state index in [0.29, 0.717) is 0 Å². The fourth-order valence-corrected chi connectivity index (χ4v) is 4.24. The van der Waals surface area contributed by atoms with Gasteiger partial charge in [-0.15, -0.1) is 0 Å². The van der Waals surface area contributed by atoms with Gasteiger partial charge in [-0.3, -0.25) is 4.98 Å². The van der Waals surface area contributed by atoms with Crippen LogP contribution in [0.4, 0.5) is 5.69 Å². The molecular formula is C25H28N4O. The van der Waals surface area contributed by atoms with Crippen molar-refractivity contribution in [1.82, 2.24) is 15.0 Å². The topological polar surface area (TPSA) is 54.0 Å². The molecule has 1 aliphatic rings. The molecule has 0 amide bonds. The second-order valence-electron chi connectivity index (χ2n) is 8.04. The summed E-state index contributed by atoms with van der Waals surface area (Å²) in [7, 11) is 0. The van der Waals surface area contributed by atoms with Crippen molar-refractivity contribution < 1.29 is 4.74 Å². The van der Waals surface area contributed by atoms with Crippen molar-refractivity contribution in [3.63, 3.8) is 0 Å². The van der Waals surface area contributed by atoms with Crippen LogP contribution in [-0.2, 0) is 11.2 Å². The van der Waals surface area contributed by atoms with Crippen LogP contribution in [-0.4, -0.2) is 41.3 Å². The van der Waals surface area contributed by atoms with E-state index in [1.165, 1.54) is 35.7 Å². The number of anilines is 1. The molecule has 5 nitrogen and oxygen atoms in total. The molecule has 1 aromatic carbocycles. The van der Waals surface area contributed by atoms with Gasteiger partial charge >= 0.3 is 0 Å². The highest BCUT2D eigenvalue weighted by atomic mass is 16.5. The number of morpholine rings is 1. The van der Waals surface area contributed by atoms with Crippen LogP contribution < -0.4 is 4.90 Å². The first kappa shape index (κ1) is 19.1. The number of aryl methyl sites for hydroxylation is 1. The van der Waals surface area contributed by atoms with Gasteiger partial charge in [0.05, 0.1) is 30.8 Å². The van der Waals surface area contributed by atoms with Crippen LogP contribution in [0.25, 0.3) is 33.2 Å². The molecule has 1 saturated heterocycles. The molecular weight excluding hydrogens is 372 g/mol. The van der Waals surface area contributed by atoms with Gasteiger partial charge < -0.3 is 14.6 Å². The van der Waals surface area contributed by atoms with Crippen LogP contribution in [0.15, 0.2) is 48.7 Å². The summed E-state index contributed by atoms with van der Waals surface area (Å²) in [5.41, 5.74) is 6.55. The lowest BCUT2D eigenvalue weighted by Crippen LogP contribution is -2.36. The molecule has 0 atom stereocenters. The third-order valence-electron chi connectivity index (χ3n) is 5.97. The smallest absolute Gasteiger partial charge is 0.138 e. The summed E-state index contributed by atoms with van der Waals surface area (Å²) >= 11 is 0. The Bertz CT molecular complexity index is 1140. The Morgan fingerprint density at radius 2 is 1.90 bits per heavy atom. The maximum Gasteiger partial charge on any atom is 0.138 e. The molecule has 1 fully saturated rings. The van der Waals surface area contributed by atoms with Gasteiger partial charge in [0.15, 0.2) is 0 Å². The fourth-order valence-electron chi connectivity index (χ4n) is 4.24. The summed E-state index contributed by atoms with van der Waals surface area (Å²) in [5.74, 6) is 0. The number of hydrogen-bond acceptors (Lipinski definition) is 4. The number of unbranched alkanes of at least 4 members (excludes halogenated alkanes) is 2. The summed E-state index contributed by atoms with van der Waals surface area (Å²) < 4.78 is 5.44. The van der Waals surface area contributed by atoms with Gasteiger partial charge in [0.25, 0.3) is 0 Å². The molecule has 3 aromatic heterocycles. The van der Waals surface area contributed by atoms with Crippen LogP contribution in [0, 0.1) is 0 Å².